The summed E-state index contributed by atoms with van der Waals surface area (Å²) in [5, 5.41) is 0. The number of hydrogen-bond acceptors (Lipinski definition) is 4. The molecule has 0 atom stereocenters. The fourth-order valence-electron chi connectivity index (χ4n) is 3.99. The molecule has 0 amide bonds. The Morgan fingerprint density at radius 2 is 1.00 bits per heavy atom. The monoisotopic (exact) mass is 476 g/mol. The average molecular weight is 477 g/mol. The van der Waals surface area contributed by atoms with Gasteiger partial charge in [0.2, 0.25) is 0 Å². The molecule has 4 aromatic carbocycles. The summed E-state index contributed by atoms with van der Waals surface area (Å²) in [6.45, 7) is 9.40. The molecule has 0 saturated heterocycles. The van der Waals surface area contributed by atoms with E-state index in [2.05, 4.69) is 50.2 Å². The van der Waals surface area contributed by atoms with Gasteiger partial charge < -0.3 is 9.47 Å². The summed E-state index contributed by atoms with van der Waals surface area (Å²) in [5.74, 6) is 1.69. The van der Waals surface area contributed by atoms with E-state index in [1.165, 1.54) is 0 Å². The maximum absolute atomic E-state index is 5.71. The van der Waals surface area contributed by atoms with Crippen LogP contribution in [0, 0.1) is 13.8 Å². The number of nitrogens with zero attached hydrogens (tertiary/aromatic N) is 2. The molecule has 0 heterocycles. The quantitative estimate of drug-likeness (QED) is 0.228. The molecule has 0 aliphatic heterocycles. The van der Waals surface area contributed by atoms with Crippen molar-refractivity contribution >= 4 is 23.8 Å². The van der Waals surface area contributed by atoms with Gasteiger partial charge in [-0.2, -0.15) is 0 Å². The lowest BCUT2D eigenvalue weighted by atomic mass is 10.00. The maximum Gasteiger partial charge on any atom is 0.128 e. The average Bonchev–Trinajstić information content (AvgIpc) is 2.89. The Balaban J connectivity index is 1.53. The highest BCUT2D eigenvalue weighted by Crippen LogP contribution is 2.30. The van der Waals surface area contributed by atoms with Crippen LogP contribution in [0.15, 0.2) is 94.9 Å². The minimum absolute atomic E-state index is 0.628. The summed E-state index contributed by atoms with van der Waals surface area (Å²) in [5.41, 5.74) is 8.36. The van der Waals surface area contributed by atoms with Crippen molar-refractivity contribution in [3.8, 4) is 22.6 Å². The molecule has 0 spiro atoms. The largest absolute Gasteiger partial charge is 0.493 e. The van der Waals surface area contributed by atoms with Crippen molar-refractivity contribution in [1.29, 1.82) is 0 Å². The fourth-order valence-corrected chi connectivity index (χ4v) is 3.99. The van der Waals surface area contributed by atoms with Crippen LogP contribution < -0.4 is 9.47 Å². The zero-order valence-corrected chi connectivity index (χ0v) is 21.4. The van der Waals surface area contributed by atoms with Crippen molar-refractivity contribution < 1.29 is 9.47 Å². The molecule has 0 aliphatic rings. The predicted octanol–water partition coefficient (Wildman–Crippen LogP) is 8.27. The number of aliphatic imine (C=N–C) groups is 2. The number of rotatable bonds is 9. The minimum Gasteiger partial charge on any atom is -0.493 e. The molecule has 182 valence electrons. The number of para-hydroxylation sites is 2. The van der Waals surface area contributed by atoms with E-state index in [-0.39, 0.29) is 0 Å². The van der Waals surface area contributed by atoms with Crippen molar-refractivity contribution in [3.05, 3.63) is 107 Å². The van der Waals surface area contributed by atoms with Crippen LogP contribution in [0.4, 0.5) is 11.4 Å². The first-order valence-corrected chi connectivity index (χ1v) is 12.3. The number of benzene rings is 4. The molecule has 4 heteroatoms. The number of hydrogen-bond donors (Lipinski definition) is 0. The van der Waals surface area contributed by atoms with Crippen molar-refractivity contribution in [3.63, 3.8) is 0 Å². The van der Waals surface area contributed by atoms with Crippen LogP contribution >= 0.6 is 0 Å². The molecule has 36 heavy (non-hydrogen) atoms. The van der Waals surface area contributed by atoms with Crippen LogP contribution in [-0.4, -0.2) is 25.6 Å². The van der Waals surface area contributed by atoms with E-state index in [0.29, 0.717) is 13.2 Å². The predicted molar refractivity (Wildman–Crippen MR) is 151 cm³/mol. The van der Waals surface area contributed by atoms with E-state index in [4.69, 9.17) is 19.5 Å². The number of ether oxygens (including phenoxy) is 2. The second-order valence-corrected chi connectivity index (χ2v) is 8.46. The van der Waals surface area contributed by atoms with Crippen LogP contribution in [0.5, 0.6) is 11.5 Å². The molecular formula is C32H32N2O2. The number of aryl methyl sites for hydroxylation is 2. The van der Waals surface area contributed by atoms with Crippen LogP contribution in [0.3, 0.4) is 0 Å². The molecule has 4 aromatic rings. The smallest absolute Gasteiger partial charge is 0.128 e. The lowest BCUT2D eigenvalue weighted by molar-refractivity contribution is 0.339. The van der Waals surface area contributed by atoms with Gasteiger partial charge in [0, 0.05) is 23.6 Å². The zero-order valence-electron chi connectivity index (χ0n) is 21.4. The molecule has 0 aromatic heterocycles. The normalized spacial score (nSPS) is 11.3. The van der Waals surface area contributed by atoms with Crippen molar-refractivity contribution in [2.45, 2.75) is 27.7 Å². The van der Waals surface area contributed by atoms with E-state index in [1.807, 2.05) is 74.8 Å². The zero-order chi connectivity index (χ0) is 25.3. The third-order valence-corrected chi connectivity index (χ3v) is 5.85. The standard InChI is InChI=1S/C32H32N2O2/c1-5-35-31-13-9-7-11-27(31)21-33-29-17-15-25(19-23(29)3)26-16-18-30(24(4)20-26)34-22-28-12-8-10-14-32(28)36-6-2/h7-22H,5-6H2,1-4H3. The van der Waals surface area contributed by atoms with Crippen LogP contribution in [0.2, 0.25) is 0 Å². The highest BCUT2D eigenvalue weighted by atomic mass is 16.5. The summed E-state index contributed by atoms with van der Waals surface area (Å²) in [6, 6.07) is 28.6. The molecule has 0 bridgehead atoms. The lowest BCUT2D eigenvalue weighted by Gasteiger charge is -2.09. The summed E-state index contributed by atoms with van der Waals surface area (Å²) in [7, 11) is 0. The van der Waals surface area contributed by atoms with E-state index in [9.17, 15) is 0 Å². The van der Waals surface area contributed by atoms with Gasteiger partial charge in [-0.25, -0.2) is 0 Å². The molecular weight excluding hydrogens is 444 g/mol. The molecule has 0 fully saturated rings. The van der Waals surface area contributed by atoms with Crippen LogP contribution in [0.1, 0.15) is 36.1 Å². The van der Waals surface area contributed by atoms with Crippen molar-refractivity contribution in [2.75, 3.05) is 13.2 Å². The highest BCUT2D eigenvalue weighted by molar-refractivity contribution is 5.87. The van der Waals surface area contributed by atoms with E-state index in [0.717, 1.165) is 56.3 Å². The Bertz CT molecular complexity index is 1280. The summed E-state index contributed by atoms with van der Waals surface area (Å²) >= 11 is 0. The van der Waals surface area contributed by atoms with Gasteiger partial charge in [0.05, 0.1) is 24.6 Å². The first kappa shape index (κ1) is 24.9. The van der Waals surface area contributed by atoms with Gasteiger partial charge in [-0.1, -0.05) is 36.4 Å². The molecule has 0 unspecified atom stereocenters. The third kappa shape index (κ3) is 6.08. The Kier molecular flexibility index (Phi) is 8.30. The summed E-state index contributed by atoms with van der Waals surface area (Å²) in [6.07, 6.45) is 3.74. The Labute approximate surface area is 214 Å². The van der Waals surface area contributed by atoms with Gasteiger partial charge in [0.25, 0.3) is 0 Å². The molecule has 0 saturated carbocycles. The Hall–Kier alpha value is -4.18. The summed E-state index contributed by atoms with van der Waals surface area (Å²) in [4.78, 5) is 9.45. The minimum atomic E-state index is 0.628. The van der Waals surface area contributed by atoms with Crippen LogP contribution in [-0.2, 0) is 0 Å². The second kappa shape index (κ2) is 12.0. The molecule has 0 N–H and O–H groups in total. The highest BCUT2D eigenvalue weighted by Gasteiger charge is 2.06. The molecule has 4 rings (SSSR count). The lowest BCUT2D eigenvalue weighted by Crippen LogP contribution is -1.95. The van der Waals surface area contributed by atoms with Gasteiger partial charge in [0.1, 0.15) is 11.5 Å². The van der Waals surface area contributed by atoms with Gasteiger partial charge in [-0.3, -0.25) is 9.98 Å². The maximum atomic E-state index is 5.71. The van der Waals surface area contributed by atoms with Crippen LogP contribution in [0.25, 0.3) is 11.1 Å². The van der Waals surface area contributed by atoms with Gasteiger partial charge >= 0.3 is 0 Å². The van der Waals surface area contributed by atoms with Gasteiger partial charge in [0.15, 0.2) is 0 Å². The molecule has 0 aliphatic carbocycles. The topological polar surface area (TPSA) is 43.2 Å². The van der Waals surface area contributed by atoms with Gasteiger partial charge in [-0.05, 0) is 98.5 Å². The van der Waals surface area contributed by atoms with Crippen molar-refractivity contribution in [2.24, 2.45) is 9.98 Å². The van der Waals surface area contributed by atoms with E-state index >= 15 is 0 Å². The summed E-state index contributed by atoms with van der Waals surface area (Å²) < 4.78 is 11.4. The van der Waals surface area contributed by atoms with Crippen molar-refractivity contribution in [1.82, 2.24) is 0 Å². The molecule has 0 radical (unpaired) electrons. The SMILES string of the molecule is CCOc1ccccc1C=Nc1ccc(-c2ccc(N=Cc3ccccc3OCC)c(C)c2)cc1C. The Morgan fingerprint density at radius 1 is 0.583 bits per heavy atom. The first-order chi connectivity index (χ1) is 17.6. The van der Waals surface area contributed by atoms with E-state index in [1.54, 1.807) is 0 Å². The third-order valence-electron chi connectivity index (χ3n) is 5.85. The first-order valence-electron chi connectivity index (χ1n) is 12.3. The molecule has 4 nitrogen and oxygen atoms in total. The second-order valence-electron chi connectivity index (χ2n) is 8.46. The van der Waals surface area contributed by atoms with E-state index < -0.39 is 0 Å². The van der Waals surface area contributed by atoms with Gasteiger partial charge in [-0.15, -0.1) is 0 Å². The fraction of sp³-hybridized carbons (Fsp3) is 0.188. The Morgan fingerprint density at radius 3 is 1.39 bits per heavy atom.